The predicted molar refractivity (Wildman–Crippen MR) is 83.8 cm³/mol. The number of nitrogens with one attached hydrogen (secondary N) is 1. The van der Waals surface area contributed by atoms with Crippen LogP contribution in [0.3, 0.4) is 0 Å². The lowest BCUT2D eigenvalue weighted by atomic mass is 9.80. The van der Waals surface area contributed by atoms with Crippen LogP contribution in [0.15, 0.2) is 0 Å². The van der Waals surface area contributed by atoms with Gasteiger partial charge in [-0.2, -0.15) is 0 Å². The SMILES string of the molecule is CC1CC(=O)NC2(CCCCC2)C(=O)N1CCC(C)(C)C. The molecule has 1 saturated heterocycles. The topological polar surface area (TPSA) is 49.4 Å². The van der Waals surface area contributed by atoms with Crippen molar-refractivity contribution in [2.45, 2.75) is 84.2 Å². The number of carbonyl (C=O) groups excluding carboxylic acids is 2. The second kappa shape index (κ2) is 5.98. The van der Waals surface area contributed by atoms with Crippen LogP contribution < -0.4 is 5.32 Å². The van der Waals surface area contributed by atoms with Gasteiger partial charge in [0.05, 0.1) is 0 Å². The highest BCUT2D eigenvalue weighted by molar-refractivity contribution is 5.94. The molecule has 2 fully saturated rings. The Labute approximate surface area is 128 Å². The molecule has 2 aliphatic rings. The Bertz CT molecular complexity index is 406. The molecule has 1 spiro atoms. The molecule has 2 rings (SSSR count). The van der Waals surface area contributed by atoms with Gasteiger partial charge in [-0.3, -0.25) is 9.59 Å². The van der Waals surface area contributed by atoms with Crippen molar-refractivity contribution < 1.29 is 9.59 Å². The first kappa shape index (κ1) is 16.3. The van der Waals surface area contributed by atoms with Gasteiger partial charge in [-0.1, -0.05) is 40.0 Å². The normalized spacial score (nSPS) is 26.7. The lowest BCUT2D eigenvalue weighted by Gasteiger charge is -2.40. The summed E-state index contributed by atoms with van der Waals surface area (Å²) < 4.78 is 0. The van der Waals surface area contributed by atoms with Crippen molar-refractivity contribution in [1.82, 2.24) is 10.2 Å². The van der Waals surface area contributed by atoms with E-state index in [1.807, 2.05) is 11.8 Å². The number of hydrogen-bond acceptors (Lipinski definition) is 2. The van der Waals surface area contributed by atoms with Gasteiger partial charge in [-0.15, -0.1) is 0 Å². The summed E-state index contributed by atoms with van der Waals surface area (Å²) in [4.78, 5) is 27.2. The largest absolute Gasteiger partial charge is 0.342 e. The third-order valence-electron chi connectivity index (χ3n) is 4.87. The standard InChI is InChI=1S/C17H30N2O2/c1-13-12-14(20)18-17(8-6-5-7-9-17)15(21)19(13)11-10-16(2,3)4/h13H,5-12H2,1-4H3,(H,18,20). The number of amides is 2. The van der Waals surface area contributed by atoms with E-state index in [0.717, 1.165) is 38.6 Å². The van der Waals surface area contributed by atoms with Gasteiger partial charge in [0.2, 0.25) is 11.8 Å². The molecular weight excluding hydrogens is 264 g/mol. The summed E-state index contributed by atoms with van der Waals surface area (Å²) in [5, 5.41) is 3.07. The molecule has 2 amide bonds. The Morgan fingerprint density at radius 2 is 1.81 bits per heavy atom. The second-order valence-corrected chi connectivity index (χ2v) is 8.05. The third kappa shape index (κ3) is 3.78. The van der Waals surface area contributed by atoms with E-state index in [9.17, 15) is 9.59 Å². The van der Waals surface area contributed by atoms with E-state index in [1.165, 1.54) is 6.42 Å². The van der Waals surface area contributed by atoms with Crippen molar-refractivity contribution in [3.63, 3.8) is 0 Å². The summed E-state index contributed by atoms with van der Waals surface area (Å²) in [6.07, 6.45) is 6.24. The van der Waals surface area contributed by atoms with Gasteiger partial charge < -0.3 is 10.2 Å². The van der Waals surface area contributed by atoms with E-state index >= 15 is 0 Å². The van der Waals surface area contributed by atoms with Crippen LogP contribution in [0.5, 0.6) is 0 Å². The fraction of sp³-hybridized carbons (Fsp3) is 0.882. The zero-order valence-corrected chi connectivity index (χ0v) is 14.0. The Hall–Kier alpha value is -1.06. The van der Waals surface area contributed by atoms with E-state index in [0.29, 0.717) is 6.42 Å². The van der Waals surface area contributed by atoms with Crippen LogP contribution in [0.1, 0.15) is 72.6 Å². The molecule has 4 heteroatoms. The summed E-state index contributed by atoms with van der Waals surface area (Å²) in [6.45, 7) is 9.33. The van der Waals surface area contributed by atoms with Gasteiger partial charge in [0.25, 0.3) is 0 Å². The highest BCUT2D eigenvalue weighted by atomic mass is 16.2. The fourth-order valence-corrected chi connectivity index (χ4v) is 3.50. The molecule has 4 nitrogen and oxygen atoms in total. The second-order valence-electron chi connectivity index (χ2n) is 8.05. The van der Waals surface area contributed by atoms with E-state index in [-0.39, 0.29) is 23.3 Å². The van der Waals surface area contributed by atoms with Crippen molar-refractivity contribution >= 4 is 11.8 Å². The average Bonchev–Trinajstić information content (AvgIpc) is 2.44. The van der Waals surface area contributed by atoms with E-state index in [1.54, 1.807) is 0 Å². The Balaban J connectivity index is 2.20. The zero-order chi connectivity index (χ0) is 15.7. The molecule has 0 radical (unpaired) electrons. The Kier molecular flexibility index (Phi) is 4.64. The van der Waals surface area contributed by atoms with Gasteiger partial charge in [0.1, 0.15) is 5.54 Å². The quantitative estimate of drug-likeness (QED) is 0.851. The van der Waals surface area contributed by atoms with E-state index in [4.69, 9.17) is 0 Å². The summed E-state index contributed by atoms with van der Waals surface area (Å²) >= 11 is 0. The van der Waals surface area contributed by atoms with Crippen LogP contribution in [0.4, 0.5) is 0 Å². The minimum Gasteiger partial charge on any atom is -0.342 e. The summed E-state index contributed by atoms with van der Waals surface area (Å²) in [5.41, 5.74) is -0.415. The molecule has 0 bridgehead atoms. The first-order valence-electron chi connectivity index (χ1n) is 8.36. The molecule has 0 aromatic rings. The molecule has 1 aliphatic carbocycles. The molecule has 1 aliphatic heterocycles. The van der Waals surface area contributed by atoms with Crippen LogP contribution in [-0.4, -0.2) is 34.8 Å². The van der Waals surface area contributed by atoms with E-state index < -0.39 is 5.54 Å². The summed E-state index contributed by atoms with van der Waals surface area (Å²) in [6, 6.07) is 0.00107. The van der Waals surface area contributed by atoms with Crippen LogP contribution in [0.2, 0.25) is 0 Å². The van der Waals surface area contributed by atoms with Crippen molar-refractivity contribution in [2.75, 3.05) is 6.54 Å². The molecule has 120 valence electrons. The minimum atomic E-state index is -0.613. The Morgan fingerprint density at radius 3 is 2.38 bits per heavy atom. The smallest absolute Gasteiger partial charge is 0.248 e. The van der Waals surface area contributed by atoms with Crippen LogP contribution >= 0.6 is 0 Å². The number of nitrogens with zero attached hydrogens (tertiary/aromatic N) is 1. The maximum absolute atomic E-state index is 13.1. The van der Waals surface area contributed by atoms with Crippen LogP contribution in [0, 0.1) is 5.41 Å². The molecule has 1 N–H and O–H groups in total. The average molecular weight is 294 g/mol. The predicted octanol–water partition coefficient (Wildman–Crippen LogP) is 2.86. The number of carbonyl (C=O) groups is 2. The summed E-state index contributed by atoms with van der Waals surface area (Å²) in [5.74, 6) is 0.195. The molecule has 1 heterocycles. The first-order valence-corrected chi connectivity index (χ1v) is 8.36. The van der Waals surface area contributed by atoms with Crippen molar-refractivity contribution in [3.05, 3.63) is 0 Å². The molecule has 0 aromatic carbocycles. The van der Waals surface area contributed by atoms with Crippen molar-refractivity contribution in [3.8, 4) is 0 Å². The highest BCUT2D eigenvalue weighted by Gasteiger charge is 2.46. The van der Waals surface area contributed by atoms with Gasteiger partial charge >= 0.3 is 0 Å². The molecular formula is C17H30N2O2. The van der Waals surface area contributed by atoms with Crippen LogP contribution in [0.25, 0.3) is 0 Å². The Morgan fingerprint density at radius 1 is 1.19 bits per heavy atom. The zero-order valence-electron chi connectivity index (χ0n) is 14.0. The van der Waals surface area contributed by atoms with E-state index in [2.05, 4.69) is 26.1 Å². The van der Waals surface area contributed by atoms with Gasteiger partial charge in [0.15, 0.2) is 0 Å². The lowest BCUT2D eigenvalue weighted by molar-refractivity contribution is -0.141. The van der Waals surface area contributed by atoms with Crippen molar-refractivity contribution in [1.29, 1.82) is 0 Å². The van der Waals surface area contributed by atoms with Crippen molar-refractivity contribution in [2.24, 2.45) is 5.41 Å². The molecule has 1 atom stereocenters. The lowest BCUT2D eigenvalue weighted by Crippen LogP contribution is -2.58. The molecule has 1 unspecified atom stereocenters. The van der Waals surface area contributed by atoms with Gasteiger partial charge in [-0.05, 0) is 31.6 Å². The number of rotatable bonds is 2. The van der Waals surface area contributed by atoms with Gasteiger partial charge in [-0.25, -0.2) is 0 Å². The highest BCUT2D eigenvalue weighted by Crippen LogP contribution is 2.33. The van der Waals surface area contributed by atoms with Crippen LogP contribution in [-0.2, 0) is 9.59 Å². The molecule has 1 saturated carbocycles. The van der Waals surface area contributed by atoms with Gasteiger partial charge in [0, 0.05) is 19.0 Å². The monoisotopic (exact) mass is 294 g/mol. The fourth-order valence-electron chi connectivity index (χ4n) is 3.50. The minimum absolute atomic E-state index is 0.00107. The maximum atomic E-state index is 13.1. The third-order valence-corrected chi connectivity index (χ3v) is 4.87. The first-order chi connectivity index (χ1) is 9.73. The molecule has 0 aromatic heterocycles. The number of hydrogen-bond donors (Lipinski definition) is 1. The maximum Gasteiger partial charge on any atom is 0.248 e. The molecule has 21 heavy (non-hydrogen) atoms. The summed E-state index contributed by atoms with van der Waals surface area (Å²) in [7, 11) is 0.